The number of H-pyrrole nitrogens is 2. The van der Waals surface area contributed by atoms with Crippen molar-refractivity contribution < 1.29 is 4.39 Å². The standard InChI is InChI=1S/C23H14FN7/c24-15-3-1-2-13(6-15)16-4-5-27-23-17(16)7-20(29-23)22-18-8-19(14-9-25-12-26-10-14)28-11-21(18)30-31-22/h1-12H,(H,27,29)(H,30,31). The Morgan fingerprint density at radius 3 is 2.61 bits per heavy atom. The lowest BCUT2D eigenvalue weighted by Gasteiger charge is -2.02. The van der Waals surface area contributed by atoms with Gasteiger partial charge in [-0.05, 0) is 41.5 Å². The van der Waals surface area contributed by atoms with E-state index in [9.17, 15) is 4.39 Å². The molecule has 5 heterocycles. The summed E-state index contributed by atoms with van der Waals surface area (Å²) in [5.41, 5.74) is 6.34. The van der Waals surface area contributed by atoms with Crippen molar-refractivity contribution in [3.63, 3.8) is 0 Å². The van der Waals surface area contributed by atoms with Crippen molar-refractivity contribution in [3.8, 4) is 33.8 Å². The van der Waals surface area contributed by atoms with E-state index in [0.717, 1.165) is 50.1 Å². The number of aromatic nitrogens is 7. The van der Waals surface area contributed by atoms with Gasteiger partial charge in [-0.3, -0.25) is 10.1 Å². The molecule has 0 aliphatic heterocycles. The second kappa shape index (κ2) is 6.81. The van der Waals surface area contributed by atoms with Gasteiger partial charge in [-0.1, -0.05) is 12.1 Å². The summed E-state index contributed by atoms with van der Waals surface area (Å²) < 4.78 is 13.8. The Hall–Kier alpha value is -4.46. The number of benzene rings is 1. The first-order valence-corrected chi connectivity index (χ1v) is 9.60. The fourth-order valence-electron chi connectivity index (χ4n) is 3.77. The number of nitrogens with zero attached hydrogens (tertiary/aromatic N) is 5. The molecule has 0 bridgehead atoms. The van der Waals surface area contributed by atoms with Crippen LogP contribution in [0.2, 0.25) is 0 Å². The van der Waals surface area contributed by atoms with Crippen LogP contribution in [0.25, 0.3) is 55.7 Å². The average molecular weight is 407 g/mol. The first kappa shape index (κ1) is 17.4. The van der Waals surface area contributed by atoms with Crippen molar-refractivity contribution in [3.05, 3.63) is 79.4 Å². The number of pyridine rings is 2. The number of nitrogens with one attached hydrogen (secondary N) is 2. The summed E-state index contributed by atoms with van der Waals surface area (Å²) in [6.07, 6.45) is 8.38. The van der Waals surface area contributed by atoms with Crippen LogP contribution in [-0.4, -0.2) is 35.1 Å². The highest BCUT2D eigenvalue weighted by molar-refractivity contribution is 6.00. The number of aromatic amines is 2. The van der Waals surface area contributed by atoms with E-state index in [2.05, 4.69) is 35.1 Å². The van der Waals surface area contributed by atoms with Gasteiger partial charge >= 0.3 is 0 Å². The molecule has 8 heteroatoms. The topological polar surface area (TPSA) is 96.0 Å². The maximum atomic E-state index is 13.8. The van der Waals surface area contributed by atoms with Crippen LogP contribution in [0.5, 0.6) is 0 Å². The maximum absolute atomic E-state index is 13.8. The van der Waals surface area contributed by atoms with E-state index < -0.39 is 0 Å². The molecule has 148 valence electrons. The van der Waals surface area contributed by atoms with Gasteiger partial charge in [0.15, 0.2) is 0 Å². The molecule has 0 aliphatic carbocycles. The fourth-order valence-corrected chi connectivity index (χ4v) is 3.77. The molecule has 0 spiro atoms. The first-order chi connectivity index (χ1) is 15.3. The minimum absolute atomic E-state index is 0.276. The van der Waals surface area contributed by atoms with E-state index in [1.54, 1.807) is 30.9 Å². The Labute approximate surface area is 175 Å². The Morgan fingerprint density at radius 1 is 0.839 bits per heavy atom. The highest BCUT2D eigenvalue weighted by Crippen LogP contribution is 2.34. The van der Waals surface area contributed by atoms with E-state index in [1.165, 1.54) is 18.5 Å². The van der Waals surface area contributed by atoms with Gasteiger partial charge in [-0.25, -0.2) is 19.3 Å². The number of fused-ring (bicyclic) bond motifs is 2. The van der Waals surface area contributed by atoms with Crippen molar-refractivity contribution in [2.75, 3.05) is 0 Å². The fraction of sp³-hybridized carbons (Fsp3) is 0. The van der Waals surface area contributed by atoms with Crippen LogP contribution in [-0.2, 0) is 0 Å². The highest BCUT2D eigenvalue weighted by atomic mass is 19.1. The summed E-state index contributed by atoms with van der Waals surface area (Å²) in [6.45, 7) is 0. The minimum Gasteiger partial charge on any atom is -0.338 e. The molecule has 7 nitrogen and oxygen atoms in total. The Bertz CT molecular complexity index is 1550. The van der Waals surface area contributed by atoms with Crippen molar-refractivity contribution in [1.29, 1.82) is 0 Å². The number of hydrogen-bond donors (Lipinski definition) is 2. The molecule has 6 rings (SSSR count). The zero-order valence-electron chi connectivity index (χ0n) is 16.0. The van der Waals surface area contributed by atoms with Gasteiger partial charge < -0.3 is 4.98 Å². The third-order valence-electron chi connectivity index (χ3n) is 5.23. The average Bonchev–Trinajstić information content (AvgIpc) is 3.43. The smallest absolute Gasteiger partial charge is 0.138 e. The molecule has 5 aromatic heterocycles. The minimum atomic E-state index is -0.276. The molecule has 6 aromatic rings. The monoisotopic (exact) mass is 407 g/mol. The molecule has 2 N–H and O–H groups in total. The van der Waals surface area contributed by atoms with Gasteiger partial charge in [0, 0.05) is 34.9 Å². The van der Waals surface area contributed by atoms with Crippen molar-refractivity contribution in [2.45, 2.75) is 0 Å². The Balaban J connectivity index is 1.52. The lowest BCUT2D eigenvalue weighted by atomic mass is 10.0. The molecule has 0 atom stereocenters. The van der Waals surface area contributed by atoms with Gasteiger partial charge in [0.2, 0.25) is 0 Å². The van der Waals surface area contributed by atoms with E-state index in [4.69, 9.17) is 0 Å². The van der Waals surface area contributed by atoms with Crippen LogP contribution in [0.4, 0.5) is 4.39 Å². The highest BCUT2D eigenvalue weighted by Gasteiger charge is 2.15. The van der Waals surface area contributed by atoms with Gasteiger partial charge in [-0.15, -0.1) is 0 Å². The number of halogens is 1. The zero-order valence-corrected chi connectivity index (χ0v) is 16.0. The van der Waals surface area contributed by atoms with Crippen molar-refractivity contribution in [1.82, 2.24) is 35.1 Å². The summed E-state index contributed by atoms with van der Waals surface area (Å²) in [5.74, 6) is -0.276. The zero-order chi connectivity index (χ0) is 20.8. The molecule has 0 saturated carbocycles. The van der Waals surface area contributed by atoms with E-state index >= 15 is 0 Å². The summed E-state index contributed by atoms with van der Waals surface area (Å²) >= 11 is 0. The van der Waals surface area contributed by atoms with Crippen LogP contribution in [0.3, 0.4) is 0 Å². The SMILES string of the molecule is Fc1cccc(-c2ccnc3[nH]c(-c4n[nH]c5cnc(-c6cncnc6)cc45)cc23)c1. The number of hydrogen-bond acceptors (Lipinski definition) is 5. The molecule has 0 unspecified atom stereocenters. The second-order valence-electron chi connectivity index (χ2n) is 7.13. The van der Waals surface area contributed by atoms with Crippen LogP contribution < -0.4 is 0 Å². The molecule has 0 aliphatic rings. The van der Waals surface area contributed by atoms with Crippen molar-refractivity contribution in [2.24, 2.45) is 0 Å². The lowest BCUT2D eigenvalue weighted by molar-refractivity contribution is 0.628. The summed E-state index contributed by atoms with van der Waals surface area (Å²) in [6, 6.07) is 12.4. The third kappa shape index (κ3) is 2.93. The molecule has 0 fully saturated rings. The predicted molar refractivity (Wildman–Crippen MR) is 115 cm³/mol. The molecular weight excluding hydrogens is 393 g/mol. The Morgan fingerprint density at radius 2 is 1.74 bits per heavy atom. The van der Waals surface area contributed by atoms with Crippen molar-refractivity contribution >= 4 is 21.9 Å². The van der Waals surface area contributed by atoms with Gasteiger partial charge in [0.05, 0.1) is 23.1 Å². The summed E-state index contributed by atoms with van der Waals surface area (Å²) in [7, 11) is 0. The van der Waals surface area contributed by atoms with Crippen LogP contribution in [0.15, 0.2) is 73.6 Å². The Kier molecular flexibility index (Phi) is 3.82. The molecule has 0 saturated heterocycles. The normalized spacial score (nSPS) is 11.4. The molecule has 1 aromatic carbocycles. The molecule has 31 heavy (non-hydrogen) atoms. The maximum Gasteiger partial charge on any atom is 0.138 e. The van der Waals surface area contributed by atoms with E-state index in [-0.39, 0.29) is 5.82 Å². The van der Waals surface area contributed by atoms with E-state index in [1.807, 2.05) is 24.3 Å². The second-order valence-corrected chi connectivity index (χ2v) is 7.13. The largest absolute Gasteiger partial charge is 0.338 e. The van der Waals surface area contributed by atoms with Gasteiger partial charge in [0.25, 0.3) is 0 Å². The molecule has 0 amide bonds. The van der Waals surface area contributed by atoms with Gasteiger partial charge in [0.1, 0.15) is 23.5 Å². The van der Waals surface area contributed by atoms with Crippen LogP contribution in [0.1, 0.15) is 0 Å². The molecule has 0 radical (unpaired) electrons. The van der Waals surface area contributed by atoms with E-state index in [0.29, 0.717) is 5.65 Å². The summed E-state index contributed by atoms with van der Waals surface area (Å²) in [4.78, 5) is 20.4. The molecular formula is C23H14FN7. The third-order valence-corrected chi connectivity index (χ3v) is 5.23. The number of rotatable bonds is 3. The first-order valence-electron chi connectivity index (χ1n) is 9.60. The quantitative estimate of drug-likeness (QED) is 0.441. The predicted octanol–water partition coefficient (Wildman–Crippen LogP) is 4.76. The lowest BCUT2D eigenvalue weighted by Crippen LogP contribution is -1.86. The van der Waals surface area contributed by atoms with Crippen LogP contribution in [0, 0.1) is 5.82 Å². The van der Waals surface area contributed by atoms with Gasteiger partial charge in [-0.2, -0.15) is 5.10 Å². The summed E-state index contributed by atoms with van der Waals surface area (Å²) in [5, 5.41) is 9.33. The van der Waals surface area contributed by atoms with Crippen LogP contribution >= 0.6 is 0 Å².